The van der Waals surface area contributed by atoms with E-state index in [1.165, 1.54) is 12.5 Å². The van der Waals surface area contributed by atoms with Crippen molar-refractivity contribution in [3.63, 3.8) is 0 Å². The molecule has 0 aromatic heterocycles. The Hall–Kier alpha value is -1.84. The molecule has 1 aliphatic rings. The largest absolute Gasteiger partial charge is 0.481 e. The Morgan fingerprint density at radius 3 is 2.74 bits per heavy atom. The number of amides is 1. The van der Waals surface area contributed by atoms with Crippen molar-refractivity contribution in [2.75, 3.05) is 11.4 Å². The molecule has 2 rings (SSSR count). The Morgan fingerprint density at radius 2 is 2.16 bits per heavy atom. The maximum absolute atomic E-state index is 11.7. The molecule has 0 fully saturated rings. The molecule has 4 nitrogen and oxygen atoms in total. The molecule has 19 heavy (non-hydrogen) atoms. The lowest BCUT2D eigenvalue weighted by Gasteiger charge is -2.33. The molecular formula is C15H19NO3. The number of aliphatic carboxylic acids is 1. The molecule has 1 heterocycles. The van der Waals surface area contributed by atoms with Gasteiger partial charge in [-0.05, 0) is 36.0 Å². The fourth-order valence-electron chi connectivity index (χ4n) is 2.70. The van der Waals surface area contributed by atoms with Crippen LogP contribution in [0, 0.1) is 5.92 Å². The fourth-order valence-corrected chi connectivity index (χ4v) is 2.70. The normalized spacial score (nSPS) is 18.0. The number of fused-ring (bicyclic) bond motifs is 1. The molecule has 0 aliphatic carbocycles. The number of carbonyl (C=O) groups excluding carboxylic acids is 1. The van der Waals surface area contributed by atoms with Crippen molar-refractivity contribution in [2.24, 2.45) is 5.92 Å². The van der Waals surface area contributed by atoms with Gasteiger partial charge in [0.1, 0.15) is 0 Å². The minimum Gasteiger partial charge on any atom is -0.481 e. The summed E-state index contributed by atoms with van der Waals surface area (Å²) in [6, 6.07) is 6.11. The molecule has 1 atom stereocenters. The average Bonchev–Trinajstić information content (AvgIpc) is 2.36. The van der Waals surface area contributed by atoms with E-state index >= 15 is 0 Å². The second-order valence-electron chi connectivity index (χ2n) is 5.11. The second kappa shape index (κ2) is 5.43. The Kier molecular flexibility index (Phi) is 3.88. The highest BCUT2D eigenvalue weighted by atomic mass is 16.4. The molecule has 0 bridgehead atoms. The van der Waals surface area contributed by atoms with Crippen molar-refractivity contribution >= 4 is 17.6 Å². The Labute approximate surface area is 113 Å². The van der Waals surface area contributed by atoms with Crippen LogP contribution in [0.5, 0.6) is 0 Å². The van der Waals surface area contributed by atoms with Crippen molar-refractivity contribution in [1.29, 1.82) is 0 Å². The van der Waals surface area contributed by atoms with Gasteiger partial charge in [0.25, 0.3) is 0 Å². The van der Waals surface area contributed by atoms with E-state index in [1.807, 2.05) is 12.1 Å². The summed E-state index contributed by atoms with van der Waals surface area (Å²) in [4.78, 5) is 24.3. The number of carbonyl (C=O) groups is 2. The predicted molar refractivity (Wildman–Crippen MR) is 73.3 cm³/mol. The number of hydrogen-bond donors (Lipinski definition) is 1. The number of benzene rings is 1. The first kappa shape index (κ1) is 13.6. The topological polar surface area (TPSA) is 57.6 Å². The van der Waals surface area contributed by atoms with Crippen LogP contribution in [0.4, 0.5) is 5.69 Å². The van der Waals surface area contributed by atoms with Gasteiger partial charge < -0.3 is 10.0 Å². The van der Waals surface area contributed by atoms with Gasteiger partial charge in [0.05, 0.1) is 6.42 Å². The molecule has 0 saturated carbocycles. The molecule has 1 aromatic carbocycles. The quantitative estimate of drug-likeness (QED) is 0.908. The van der Waals surface area contributed by atoms with Gasteiger partial charge in [0, 0.05) is 19.2 Å². The van der Waals surface area contributed by atoms with Gasteiger partial charge in [-0.15, -0.1) is 0 Å². The number of anilines is 1. The third kappa shape index (κ3) is 2.95. The minimum atomic E-state index is -0.802. The highest BCUT2D eigenvalue weighted by Gasteiger charge is 2.28. The van der Waals surface area contributed by atoms with Crippen LogP contribution in [0.3, 0.4) is 0 Å². The van der Waals surface area contributed by atoms with E-state index in [1.54, 1.807) is 4.90 Å². The first-order valence-corrected chi connectivity index (χ1v) is 6.63. The summed E-state index contributed by atoms with van der Waals surface area (Å²) in [6.07, 6.45) is 1.79. The lowest BCUT2D eigenvalue weighted by atomic mass is 9.89. The summed E-state index contributed by atoms with van der Waals surface area (Å²) >= 11 is 0. The standard InChI is InChI=1S/C15H19NO3/c1-3-11-4-5-14-13(6-11)7-12(8-15(18)19)9-16(14)10(2)17/h4-6,12H,3,7-9H2,1-2H3,(H,18,19). The van der Waals surface area contributed by atoms with E-state index in [9.17, 15) is 9.59 Å². The van der Waals surface area contributed by atoms with Gasteiger partial charge in [-0.25, -0.2) is 0 Å². The molecule has 0 radical (unpaired) electrons. The highest BCUT2D eigenvalue weighted by molar-refractivity contribution is 5.93. The van der Waals surface area contributed by atoms with E-state index in [0.717, 1.165) is 24.1 Å². The monoisotopic (exact) mass is 261 g/mol. The molecule has 1 unspecified atom stereocenters. The van der Waals surface area contributed by atoms with Gasteiger partial charge in [0.2, 0.25) is 5.91 Å². The smallest absolute Gasteiger partial charge is 0.303 e. The highest BCUT2D eigenvalue weighted by Crippen LogP contribution is 2.32. The van der Waals surface area contributed by atoms with Crippen LogP contribution in [0.2, 0.25) is 0 Å². The van der Waals surface area contributed by atoms with Crippen LogP contribution in [0.15, 0.2) is 18.2 Å². The van der Waals surface area contributed by atoms with Crippen molar-refractivity contribution in [3.05, 3.63) is 29.3 Å². The van der Waals surface area contributed by atoms with E-state index < -0.39 is 5.97 Å². The minimum absolute atomic E-state index is 0.000932. The number of rotatable bonds is 3. The van der Waals surface area contributed by atoms with E-state index in [0.29, 0.717) is 6.54 Å². The van der Waals surface area contributed by atoms with Crippen molar-refractivity contribution < 1.29 is 14.7 Å². The first-order valence-electron chi connectivity index (χ1n) is 6.63. The third-order valence-electron chi connectivity index (χ3n) is 3.64. The summed E-state index contributed by atoms with van der Waals surface area (Å²) in [7, 11) is 0. The van der Waals surface area contributed by atoms with Gasteiger partial charge in [-0.1, -0.05) is 19.1 Å². The van der Waals surface area contributed by atoms with E-state index in [2.05, 4.69) is 13.0 Å². The van der Waals surface area contributed by atoms with Crippen LogP contribution in [0.25, 0.3) is 0 Å². The lowest BCUT2D eigenvalue weighted by Crippen LogP contribution is -2.39. The summed E-state index contributed by atoms with van der Waals surface area (Å²) in [5, 5.41) is 8.94. The lowest BCUT2D eigenvalue weighted by molar-refractivity contribution is -0.138. The van der Waals surface area contributed by atoms with Crippen molar-refractivity contribution in [2.45, 2.75) is 33.1 Å². The zero-order valence-corrected chi connectivity index (χ0v) is 11.3. The summed E-state index contributed by atoms with van der Waals surface area (Å²) in [6.45, 7) is 4.11. The van der Waals surface area contributed by atoms with Crippen LogP contribution in [-0.4, -0.2) is 23.5 Å². The predicted octanol–water partition coefficient (Wildman–Crippen LogP) is 2.25. The molecule has 4 heteroatoms. The molecule has 1 aromatic rings. The molecule has 102 valence electrons. The molecular weight excluding hydrogens is 242 g/mol. The molecule has 1 aliphatic heterocycles. The van der Waals surface area contributed by atoms with Crippen LogP contribution in [-0.2, 0) is 22.4 Å². The van der Waals surface area contributed by atoms with Crippen LogP contribution < -0.4 is 4.90 Å². The summed E-state index contributed by atoms with van der Waals surface area (Å²) < 4.78 is 0. The van der Waals surface area contributed by atoms with Gasteiger partial charge >= 0.3 is 5.97 Å². The Morgan fingerprint density at radius 1 is 1.42 bits per heavy atom. The van der Waals surface area contributed by atoms with Gasteiger partial charge in [0.15, 0.2) is 0 Å². The Balaban J connectivity index is 2.34. The Bertz CT molecular complexity index is 510. The van der Waals surface area contributed by atoms with Crippen LogP contribution >= 0.6 is 0 Å². The molecule has 1 N–H and O–H groups in total. The van der Waals surface area contributed by atoms with Crippen LogP contribution in [0.1, 0.15) is 31.4 Å². The zero-order chi connectivity index (χ0) is 14.0. The molecule has 0 saturated heterocycles. The number of nitrogens with zero attached hydrogens (tertiary/aromatic N) is 1. The molecule has 0 spiro atoms. The zero-order valence-electron chi connectivity index (χ0n) is 11.3. The molecule has 1 amide bonds. The summed E-state index contributed by atoms with van der Waals surface area (Å²) in [5.41, 5.74) is 3.25. The number of aryl methyl sites for hydroxylation is 1. The fraction of sp³-hybridized carbons (Fsp3) is 0.467. The number of carboxylic acids is 1. The van der Waals surface area contributed by atoms with Crippen molar-refractivity contribution in [1.82, 2.24) is 0 Å². The maximum atomic E-state index is 11.7. The van der Waals surface area contributed by atoms with Gasteiger partial charge in [-0.2, -0.15) is 0 Å². The summed E-state index contributed by atoms with van der Waals surface area (Å²) in [5.74, 6) is -0.829. The van der Waals surface area contributed by atoms with Crippen molar-refractivity contribution in [3.8, 4) is 0 Å². The third-order valence-corrected chi connectivity index (χ3v) is 3.64. The number of carboxylic acid groups (broad SMARTS) is 1. The van der Waals surface area contributed by atoms with Gasteiger partial charge in [-0.3, -0.25) is 9.59 Å². The average molecular weight is 261 g/mol. The van der Waals surface area contributed by atoms with E-state index in [4.69, 9.17) is 5.11 Å². The second-order valence-corrected chi connectivity index (χ2v) is 5.11. The SMILES string of the molecule is CCc1ccc2c(c1)CC(CC(=O)O)CN2C(C)=O. The number of hydrogen-bond acceptors (Lipinski definition) is 2. The maximum Gasteiger partial charge on any atom is 0.303 e. The van der Waals surface area contributed by atoms with E-state index in [-0.39, 0.29) is 18.2 Å². The first-order chi connectivity index (χ1) is 9.01.